The van der Waals surface area contributed by atoms with Crippen LogP contribution in [0.25, 0.3) is 0 Å². The first-order valence-corrected chi connectivity index (χ1v) is 9.32. The number of anilines is 1. The maximum absolute atomic E-state index is 13.0. The lowest BCUT2D eigenvalue weighted by Gasteiger charge is -2.28. The van der Waals surface area contributed by atoms with E-state index in [0.717, 1.165) is 31.2 Å². The fraction of sp³-hybridized carbons (Fsp3) is 0.273. The van der Waals surface area contributed by atoms with Crippen molar-refractivity contribution in [3.8, 4) is 12.3 Å². The fourth-order valence-electron chi connectivity index (χ4n) is 3.63. The third-order valence-corrected chi connectivity index (χ3v) is 5.23. The zero-order valence-electron chi connectivity index (χ0n) is 14.9. The second-order valence-electron chi connectivity index (χ2n) is 6.76. The first kappa shape index (κ1) is 19.0. The molecule has 0 bridgehead atoms. The van der Waals surface area contributed by atoms with Gasteiger partial charge in [0.05, 0.1) is 12.0 Å². The Balaban J connectivity index is 1.66. The van der Waals surface area contributed by atoms with E-state index in [-0.39, 0.29) is 18.4 Å². The van der Waals surface area contributed by atoms with Crippen LogP contribution in [0.2, 0.25) is 5.02 Å². The largest absolute Gasteiger partial charge is 0.346 e. The van der Waals surface area contributed by atoms with Crippen LogP contribution in [0.1, 0.15) is 36.8 Å². The van der Waals surface area contributed by atoms with Gasteiger partial charge in [-0.1, -0.05) is 48.6 Å². The highest BCUT2D eigenvalue weighted by atomic mass is 35.5. The van der Waals surface area contributed by atoms with E-state index in [9.17, 15) is 9.59 Å². The van der Waals surface area contributed by atoms with Crippen molar-refractivity contribution in [2.75, 3.05) is 11.9 Å². The summed E-state index contributed by atoms with van der Waals surface area (Å²) in [6, 6.07) is 14.5. The number of rotatable bonds is 5. The lowest BCUT2D eigenvalue weighted by atomic mass is 9.78. The monoisotopic (exact) mass is 380 g/mol. The zero-order chi connectivity index (χ0) is 19.3. The Morgan fingerprint density at radius 1 is 1.11 bits per heavy atom. The van der Waals surface area contributed by atoms with Crippen LogP contribution in [0, 0.1) is 12.3 Å². The molecule has 0 aliphatic heterocycles. The Morgan fingerprint density at radius 2 is 1.85 bits per heavy atom. The third-order valence-electron chi connectivity index (χ3n) is 4.99. The molecular formula is C22H21ClN2O2. The van der Waals surface area contributed by atoms with Gasteiger partial charge in [-0.2, -0.15) is 0 Å². The lowest BCUT2D eigenvalue weighted by molar-refractivity contribution is -0.128. The first-order valence-electron chi connectivity index (χ1n) is 8.94. The van der Waals surface area contributed by atoms with Crippen molar-refractivity contribution < 1.29 is 9.59 Å². The molecule has 0 atom stereocenters. The Bertz CT molecular complexity index is 895. The fourth-order valence-corrected chi connectivity index (χ4v) is 3.82. The van der Waals surface area contributed by atoms with Crippen molar-refractivity contribution in [1.29, 1.82) is 0 Å². The second-order valence-corrected chi connectivity index (χ2v) is 7.19. The summed E-state index contributed by atoms with van der Waals surface area (Å²) in [6.45, 7) is -0.0958. The highest BCUT2D eigenvalue weighted by molar-refractivity contribution is 6.30. The maximum atomic E-state index is 13.0. The molecule has 2 aromatic rings. The highest BCUT2D eigenvalue weighted by Crippen LogP contribution is 2.42. The molecule has 0 aromatic heterocycles. The van der Waals surface area contributed by atoms with Gasteiger partial charge in [0, 0.05) is 16.3 Å². The summed E-state index contributed by atoms with van der Waals surface area (Å²) in [6.07, 6.45) is 8.83. The van der Waals surface area contributed by atoms with E-state index in [1.165, 1.54) is 0 Å². The summed E-state index contributed by atoms with van der Waals surface area (Å²) in [4.78, 5) is 25.2. The molecule has 2 N–H and O–H groups in total. The van der Waals surface area contributed by atoms with Crippen LogP contribution in [0.4, 0.5) is 5.69 Å². The topological polar surface area (TPSA) is 58.2 Å². The van der Waals surface area contributed by atoms with Gasteiger partial charge in [-0.25, -0.2) is 0 Å². The molecule has 0 heterocycles. The molecule has 0 saturated heterocycles. The van der Waals surface area contributed by atoms with E-state index < -0.39 is 5.41 Å². The Labute approximate surface area is 164 Å². The minimum Gasteiger partial charge on any atom is -0.346 e. The quantitative estimate of drug-likeness (QED) is 0.773. The smallest absolute Gasteiger partial charge is 0.243 e. The number of terminal acetylenes is 1. The molecule has 27 heavy (non-hydrogen) atoms. The van der Waals surface area contributed by atoms with E-state index in [4.69, 9.17) is 18.0 Å². The number of benzene rings is 2. The van der Waals surface area contributed by atoms with Gasteiger partial charge >= 0.3 is 0 Å². The van der Waals surface area contributed by atoms with Crippen LogP contribution < -0.4 is 10.6 Å². The van der Waals surface area contributed by atoms with E-state index in [1.54, 1.807) is 30.3 Å². The summed E-state index contributed by atoms with van der Waals surface area (Å²) >= 11 is 6.12. The highest BCUT2D eigenvalue weighted by Gasteiger charge is 2.42. The van der Waals surface area contributed by atoms with Gasteiger partial charge in [0.1, 0.15) is 0 Å². The van der Waals surface area contributed by atoms with Crippen LogP contribution in [0.5, 0.6) is 0 Å². The SMILES string of the molecule is C#Cc1cccc(NC(=O)CNC(=O)C2(c3cccc(Cl)c3)CCCC2)c1. The number of halogens is 1. The van der Waals surface area contributed by atoms with Crippen LogP contribution >= 0.6 is 11.6 Å². The normalized spacial score (nSPS) is 15.0. The van der Waals surface area contributed by atoms with Gasteiger partial charge in [-0.15, -0.1) is 6.42 Å². The standard InChI is InChI=1S/C22H21ClN2O2/c1-2-16-7-5-10-19(13-16)25-20(26)15-24-21(27)22(11-3-4-12-22)17-8-6-9-18(23)14-17/h1,5-10,13-14H,3-4,11-12,15H2,(H,24,27)(H,25,26). The average molecular weight is 381 g/mol. The third kappa shape index (κ3) is 4.32. The van der Waals surface area contributed by atoms with Gasteiger partial charge < -0.3 is 10.6 Å². The molecule has 0 spiro atoms. The van der Waals surface area contributed by atoms with E-state index in [1.807, 2.05) is 18.2 Å². The average Bonchev–Trinajstić information content (AvgIpc) is 3.17. The molecule has 1 aliphatic rings. The van der Waals surface area contributed by atoms with Crippen LogP contribution in [-0.4, -0.2) is 18.4 Å². The Kier molecular flexibility index (Phi) is 5.83. The van der Waals surface area contributed by atoms with E-state index >= 15 is 0 Å². The number of carbonyl (C=O) groups is 2. The number of nitrogens with one attached hydrogen (secondary N) is 2. The minimum atomic E-state index is -0.617. The zero-order valence-corrected chi connectivity index (χ0v) is 15.7. The van der Waals surface area contributed by atoms with Gasteiger partial charge in [0.2, 0.25) is 11.8 Å². The summed E-state index contributed by atoms with van der Waals surface area (Å²) in [5.41, 5.74) is 1.58. The molecule has 2 aromatic carbocycles. The van der Waals surface area contributed by atoms with Crippen molar-refractivity contribution in [1.82, 2.24) is 5.32 Å². The number of hydrogen-bond acceptors (Lipinski definition) is 2. The van der Waals surface area contributed by atoms with Crippen LogP contribution in [0.15, 0.2) is 48.5 Å². The summed E-state index contributed by atoms with van der Waals surface area (Å²) < 4.78 is 0. The van der Waals surface area contributed by atoms with Gasteiger partial charge in [-0.05, 0) is 48.7 Å². The van der Waals surface area contributed by atoms with E-state index in [2.05, 4.69) is 16.6 Å². The molecule has 2 amide bonds. The summed E-state index contributed by atoms with van der Waals surface area (Å²) in [7, 11) is 0. The van der Waals surface area contributed by atoms with Crippen molar-refractivity contribution in [2.24, 2.45) is 0 Å². The minimum absolute atomic E-state index is 0.0958. The Hall–Kier alpha value is -2.77. The van der Waals surface area contributed by atoms with Crippen molar-refractivity contribution in [3.63, 3.8) is 0 Å². The molecule has 1 aliphatic carbocycles. The second kappa shape index (κ2) is 8.28. The molecule has 0 radical (unpaired) electrons. The molecular weight excluding hydrogens is 360 g/mol. The summed E-state index contributed by atoms with van der Waals surface area (Å²) in [5, 5.41) is 6.16. The van der Waals surface area contributed by atoms with E-state index in [0.29, 0.717) is 16.3 Å². The predicted octanol–water partition coefficient (Wildman–Crippen LogP) is 3.89. The molecule has 0 unspecified atom stereocenters. The van der Waals surface area contributed by atoms with Gasteiger partial charge in [-0.3, -0.25) is 9.59 Å². The Morgan fingerprint density at radius 3 is 2.56 bits per heavy atom. The van der Waals surface area contributed by atoms with Gasteiger partial charge in [0.25, 0.3) is 0 Å². The van der Waals surface area contributed by atoms with Crippen molar-refractivity contribution in [3.05, 3.63) is 64.7 Å². The number of amides is 2. The molecule has 5 heteroatoms. The number of hydrogen-bond donors (Lipinski definition) is 2. The lowest BCUT2D eigenvalue weighted by Crippen LogP contribution is -2.45. The first-order chi connectivity index (χ1) is 13.0. The van der Waals surface area contributed by atoms with Crippen LogP contribution in [-0.2, 0) is 15.0 Å². The molecule has 138 valence electrons. The summed E-state index contributed by atoms with van der Waals surface area (Å²) in [5.74, 6) is 2.10. The molecule has 4 nitrogen and oxygen atoms in total. The van der Waals surface area contributed by atoms with Crippen molar-refractivity contribution >= 4 is 29.1 Å². The predicted molar refractivity (Wildman–Crippen MR) is 108 cm³/mol. The van der Waals surface area contributed by atoms with Crippen LogP contribution in [0.3, 0.4) is 0 Å². The molecule has 1 fully saturated rings. The van der Waals surface area contributed by atoms with Gasteiger partial charge in [0.15, 0.2) is 0 Å². The molecule has 3 rings (SSSR count). The maximum Gasteiger partial charge on any atom is 0.243 e. The number of carbonyl (C=O) groups excluding carboxylic acids is 2. The molecule has 1 saturated carbocycles. The van der Waals surface area contributed by atoms with Crippen molar-refractivity contribution in [2.45, 2.75) is 31.1 Å².